The number of benzene rings is 2. The van der Waals surface area contributed by atoms with E-state index in [2.05, 4.69) is 36.6 Å². The number of carbonyl (C=O) groups excluding carboxylic acids is 2. The van der Waals surface area contributed by atoms with Crippen LogP contribution in [0.2, 0.25) is 0 Å². The maximum absolute atomic E-state index is 12.5. The van der Waals surface area contributed by atoms with Crippen LogP contribution in [-0.4, -0.2) is 19.1 Å². The lowest BCUT2D eigenvalue weighted by Crippen LogP contribution is -2.47. The van der Waals surface area contributed by atoms with E-state index in [4.69, 9.17) is 9.47 Å². The highest BCUT2D eigenvalue weighted by molar-refractivity contribution is 5.95. The van der Waals surface area contributed by atoms with Gasteiger partial charge in [-0.15, -0.1) is 0 Å². The van der Waals surface area contributed by atoms with Gasteiger partial charge in [-0.25, -0.2) is 9.59 Å². The van der Waals surface area contributed by atoms with E-state index in [0.717, 1.165) is 11.3 Å². The number of hydrogen-bond donors (Lipinski definition) is 2. The highest BCUT2D eigenvalue weighted by Gasteiger charge is 2.34. The lowest BCUT2D eigenvalue weighted by Gasteiger charge is -2.30. The van der Waals surface area contributed by atoms with Gasteiger partial charge in [-0.2, -0.15) is 0 Å². The number of hydrogen-bond acceptors (Lipinski definition) is 4. The molecule has 0 radical (unpaired) electrons. The van der Waals surface area contributed by atoms with Gasteiger partial charge in [0.1, 0.15) is 11.5 Å². The average Bonchev–Trinajstić information content (AvgIpc) is 2.73. The molecule has 30 heavy (non-hydrogen) atoms. The number of nitrogens with one attached hydrogen (secondary N) is 2. The molecule has 0 saturated heterocycles. The SMILES string of the molecule is COC(=O)C1=C(C(C)C)NC(=O)NC1c1ccc(Oc2ccc(C(C)C)cc2)cc1. The third-order valence-corrected chi connectivity index (χ3v) is 5.08. The number of ether oxygens (including phenoxy) is 2. The summed E-state index contributed by atoms with van der Waals surface area (Å²) in [6.45, 7) is 8.14. The van der Waals surface area contributed by atoms with Crippen LogP contribution in [0.5, 0.6) is 11.5 Å². The maximum Gasteiger partial charge on any atom is 0.337 e. The van der Waals surface area contributed by atoms with E-state index in [-0.39, 0.29) is 11.9 Å². The van der Waals surface area contributed by atoms with Crippen LogP contribution >= 0.6 is 0 Å². The summed E-state index contributed by atoms with van der Waals surface area (Å²) in [5.74, 6) is 1.38. The third kappa shape index (κ3) is 4.64. The lowest BCUT2D eigenvalue weighted by atomic mass is 9.91. The predicted octanol–water partition coefficient (Wildman–Crippen LogP) is 5.04. The first-order valence-electron chi connectivity index (χ1n) is 10.1. The van der Waals surface area contributed by atoms with Crippen LogP contribution in [0.25, 0.3) is 0 Å². The zero-order chi connectivity index (χ0) is 21.8. The van der Waals surface area contributed by atoms with E-state index in [1.165, 1.54) is 12.7 Å². The summed E-state index contributed by atoms with van der Waals surface area (Å²) in [7, 11) is 1.34. The van der Waals surface area contributed by atoms with Crippen LogP contribution < -0.4 is 15.4 Å². The Morgan fingerprint density at radius 1 is 0.900 bits per heavy atom. The molecule has 2 amide bonds. The van der Waals surface area contributed by atoms with Crippen LogP contribution in [0.15, 0.2) is 59.8 Å². The van der Waals surface area contributed by atoms with Crippen molar-refractivity contribution in [3.8, 4) is 11.5 Å². The molecule has 0 aromatic heterocycles. The summed E-state index contributed by atoms with van der Waals surface area (Å²) < 4.78 is 10.9. The van der Waals surface area contributed by atoms with Gasteiger partial charge in [-0.05, 0) is 47.2 Å². The van der Waals surface area contributed by atoms with E-state index in [0.29, 0.717) is 22.9 Å². The fourth-order valence-corrected chi connectivity index (χ4v) is 3.41. The fraction of sp³-hybridized carbons (Fsp3) is 0.333. The summed E-state index contributed by atoms with van der Waals surface area (Å²) in [5, 5.41) is 5.56. The molecule has 1 unspecified atom stereocenters. The standard InChI is InChI=1S/C24H28N2O4/c1-14(2)16-6-10-18(11-7-16)30-19-12-8-17(9-13-19)22-20(23(27)29-5)21(15(3)4)25-24(28)26-22/h6-15,22H,1-5H3,(H2,25,26,28). The Bertz CT molecular complexity index is 944. The van der Waals surface area contributed by atoms with Crippen molar-refractivity contribution in [3.63, 3.8) is 0 Å². The van der Waals surface area contributed by atoms with Gasteiger partial charge in [-0.3, -0.25) is 0 Å². The van der Waals surface area contributed by atoms with Crippen molar-refractivity contribution in [2.45, 2.75) is 39.7 Å². The van der Waals surface area contributed by atoms with Gasteiger partial charge in [0, 0.05) is 5.70 Å². The lowest BCUT2D eigenvalue weighted by molar-refractivity contribution is -0.136. The Hall–Kier alpha value is -3.28. The van der Waals surface area contributed by atoms with Gasteiger partial charge in [-0.1, -0.05) is 52.0 Å². The first-order valence-corrected chi connectivity index (χ1v) is 10.1. The van der Waals surface area contributed by atoms with E-state index in [1.54, 1.807) is 0 Å². The van der Waals surface area contributed by atoms with Gasteiger partial charge in [0.25, 0.3) is 0 Å². The number of esters is 1. The van der Waals surface area contributed by atoms with E-state index in [1.807, 2.05) is 50.2 Å². The second-order valence-electron chi connectivity index (χ2n) is 7.90. The minimum absolute atomic E-state index is 0.0379. The molecule has 2 aromatic carbocycles. The Balaban J connectivity index is 1.85. The van der Waals surface area contributed by atoms with E-state index < -0.39 is 12.0 Å². The first kappa shape index (κ1) is 21.4. The van der Waals surface area contributed by atoms with Crippen molar-refractivity contribution in [1.82, 2.24) is 10.6 Å². The minimum atomic E-state index is -0.594. The normalized spacial score (nSPS) is 16.4. The smallest absolute Gasteiger partial charge is 0.337 e. The summed E-state index contributed by atoms with van der Waals surface area (Å²) >= 11 is 0. The molecular formula is C24H28N2O4. The van der Waals surface area contributed by atoms with E-state index in [9.17, 15) is 9.59 Å². The van der Waals surface area contributed by atoms with Gasteiger partial charge >= 0.3 is 12.0 Å². The number of methoxy groups -OCH3 is 1. The molecule has 1 atom stereocenters. The Kier molecular flexibility index (Phi) is 6.45. The van der Waals surface area contributed by atoms with Gasteiger partial charge in [0.2, 0.25) is 0 Å². The molecule has 2 aromatic rings. The van der Waals surface area contributed by atoms with Crippen molar-refractivity contribution in [2.24, 2.45) is 5.92 Å². The molecule has 1 heterocycles. The molecule has 1 aliphatic heterocycles. The van der Waals surface area contributed by atoms with Crippen LogP contribution in [-0.2, 0) is 9.53 Å². The molecule has 6 heteroatoms. The predicted molar refractivity (Wildman–Crippen MR) is 115 cm³/mol. The molecule has 1 aliphatic rings. The summed E-state index contributed by atoms with van der Waals surface area (Å²) in [4.78, 5) is 24.6. The topological polar surface area (TPSA) is 76.7 Å². The first-order chi connectivity index (χ1) is 14.3. The molecule has 3 rings (SSSR count). The summed E-state index contributed by atoms with van der Waals surface area (Å²) in [6, 6.07) is 14.4. The maximum atomic E-state index is 12.5. The minimum Gasteiger partial charge on any atom is -0.466 e. The Labute approximate surface area is 177 Å². The Morgan fingerprint density at radius 3 is 1.97 bits per heavy atom. The van der Waals surface area contributed by atoms with Crippen LogP contribution in [0.1, 0.15) is 50.8 Å². The third-order valence-electron chi connectivity index (χ3n) is 5.08. The Morgan fingerprint density at radius 2 is 1.47 bits per heavy atom. The van der Waals surface area contributed by atoms with Gasteiger partial charge in [0.15, 0.2) is 0 Å². The molecule has 0 fully saturated rings. The number of amides is 2. The number of allylic oxidation sites excluding steroid dienone is 1. The van der Waals surface area contributed by atoms with Crippen LogP contribution in [0.3, 0.4) is 0 Å². The molecule has 0 bridgehead atoms. The molecule has 0 saturated carbocycles. The highest BCUT2D eigenvalue weighted by Crippen LogP contribution is 2.32. The van der Waals surface area contributed by atoms with E-state index >= 15 is 0 Å². The molecule has 2 N–H and O–H groups in total. The molecule has 6 nitrogen and oxygen atoms in total. The zero-order valence-electron chi connectivity index (χ0n) is 18.0. The van der Waals surface area contributed by atoms with Crippen LogP contribution in [0.4, 0.5) is 4.79 Å². The van der Waals surface area contributed by atoms with Crippen molar-refractivity contribution in [1.29, 1.82) is 0 Å². The average molecular weight is 408 g/mol. The van der Waals surface area contributed by atoms with Gasteiger partial charge in [0.05, 0.1) is 18.7 Å². The molecular weight excluding hydrogens is 380 g/mol. The fourth-order valence-electron chi connectivity index (χ4n) is 3.41. The molecule has 0 aliphatic carbocycles. The van der Waals surface area contributed by atoms with Gasteiger partial charge < -0.3 is 20.1 Å². The van der Waals surface area contributed by atoms with Crippen molar-refractivity contribution < 1.29 is 19.1 Å². The van der Waals surface area contributed by atoms with Crippen molar-refractivity contribution in [3.05, 3.63) is 70.9 Å². The number of rotatable bonds is 6. The molecule has 158 valence electrons. The zero-order valence-corrected chi connectivity index (χ0v) is 18.0. The monoisotopic (exact) mass is 408 g/mol. The summed E-state index contributed by atoms with van der Waals surface area (Å²) in [6.07, 6.45) is 0. The largest absolute Gasteiger partial charge is 0.466 e. The molecule has 0 spiro atoms. The second kappa shape index (κ2) is 9.03. The number of carbonyl (C=O) groups is 2. The van der Waals surface area contributed by atoms with Crippen molar-refractivity contribution >= 4 is 12.0 Å². The van der Waals surface area contributed by atoms with Crippen LogP contribution in [0, 0.1) is 5.92 Å². The quantitative estimate of drug-likeness (QED) is 0.657. The number of urea groups is 1. The second-order valence-corrected chi connectivity index (χ2v) is 7.90. The highest BCUT2D eigenvalue weighted by atomic mass is 16.5. The summed E-state index contributed by atoms with van der Waals surface area (Å²) in [5.41, 5.74) is 3.00. The van der Waals surface area contributed by atoms with Crippen molar-refractivity contribution in [2.75, 3.05) is 7.11 Å².